The summed E-state index contributed by atoms with van der Waals surface area (Å²) in [7, 11) is 0. The molecule has 0 spiro atoms. The molecule has 1 atom stereocenters. The maximum atomic E-state index is 12.8. The quantitative estimate of drug-likeness (QED) is 0.505. The molecule has 1 amide bonds. The first-order valence-corrected chi connectivity index (χ1v) is 9.49. The Morgan fingerprint density at radius 1 is 1.14 bits per heavy atom. The molecule has 0 saturated carbocycles. The molecule has 0 bridgehead atoms. The molecule has 6 heteroatoms. The molecule has 0 fully saturated rings. The number of rotatable bonds is 6. The monoisotopic (exact) mass is 386 g/mol. The van der Waals surface area contributed by atoms with Gasteiger partial charge in [0.1, 0.15) is 11.6 Å². The molecular weight excluding hydrogens is 364 g/mol. The van der Waals surface area contributed by atoms with Gasteiger partial charge in [0.05, 0.1) is 24.3 Å². The third-order valence-electron chi connectivity index (χ3n) is 4.88. The number of aryl methyl sites for hydroxylation is 1. The fourth-order valence-corrected chi connectivity index (χ4v) is 3.34. The van der Waals surface area contributed by atoms with E-state index >= 15 is 0 Å². The predicted molar refractivity (Wildman–Crippen MR) is 113 cm³/mol. The van der Waals surface area contributed by atoms with Crippen molar-refractivity contribution in [3.8, 4) is 0 Å². The van der Waals surface area contributed by atoms with Crippen LogP contribution in [-0.4, -0.2) is 15.9 Å². The molecule has 0 saturated heterocycles. The molecule has 4 aromatic rings. The summed E-state index contributed by atoms with van der Waals surface area (Å²) >= 11 is 0. The van der Waals surface area contributed by atoms with Crippen molar-refractivity contribution >= 4 is 22.6 Å². The minimum Gasteiger partial charge on any atom is -0.447 e. The van der Waals surface area contributed by atoms with Crippen LogP contribution in [0.4, 0.5) is 5.82 Å². The zero-order chi connectivity index (χ0) is 20.2. The third kappa shape index (κ3) is 4.11. The van der Waals surface area contributed by atoms with Gasteiger partial charge in [0, 0.05) is 10.9 Å². The van der Waals surface area contributed by atoms with Crippen LogP contribution in [-0.2, 0) is 6.54 Å². The smallest absolute Gasteiger partial charge is 0.252 e. The van der Waals surface area contributed by atoms with Crippen LogP contribution < -0.4 is 10.6 Å². The highest BCUT2D eigenvalue weighted by atomic mass is 16.3. The maximum absolute atomic E-state index is 12.8. The minimum absolute atomic E-state index is 0.0901. The van der Waals surface area contributed by atoms with Crippen molar-refractivity contribution in [1.29, 1.82) is 0 Å². The summed E-state index contributed by atoms with van der Waals surface area (Å²) in [5, 5.41) is 7.40. The van der Waals surface area contributed by atoms with Gasteiger partial charge in [-0.15, -0.1) is 0 Å². The lowest BCUT2D eigenvalue weighted by molar-refractivity contribution is 0.0939. The van der Waals surface area contributed by atoms with Gasteiger partial charge < -0.3 is 15.1 Å². The molecule has 0 radical (unpaired) electrons. The van der Waals surface area contributed by atoms with Gasteiger partial charge >= 0.3 is 0 Å². The molecule has 0 aliphatic rings. The number of amides is 1. The van der Waals surface area contributed by atoms with Crippen LogP contribution in [0.2, 0.25) is 0 Å². The van der Waals surface area contributed by atoms with E-state index in [0.29, 0.717) is 17.9 Å². The van der Waals surface area contributed by atoms with E-state index in [1.54, 1.807) is 6.20 Å². The summed E-state index contributed by atoms with van der Waals surface area (Å²) in [6.45, 7) is 4.40. The largest absolute Gasteiger partial charge is 0.447 e. The van der Waals surface area contributed by atoms with Crippen molar-refractivity contribution < 1.29 is 9.21 Å². The van der Waals surface area contributed by atoms with E-state index in [-0.39, 0.29) is 11.9 Å². The molecule has 29 heavy (non-hydrogen) atoms. The Kier molecular flexibility index (Phi) is 5.24. The van der Waals surface area contributed by atoms with Gasteiger partial charge in [-0.05, 0) is 43.2 Å². The summed E-state index contributed by atoms with van der Waals surface area (Å²) in [5.74, 6) is 1.35. The van der Waals surface area contributed by atoms with E-state index in [9.17, 15) is 4.79 Å². The number of nitrogens with zero attached hydrogens (tertiary/aromatic N) is 2. The predicted octanol–water partition coefficient (Wildman–Crippen LogP) is 4.63. The number of hydrogen-bond donors (Lipinski definition) is 2. The van der Waals surface area contributed by atoms with Crippen LogP contribution in [0.25, 0.3) is 10.9 Å². The topological polar surface area (TPSA) is 80.0 Å². The first-order chi connectivity index (χ1) is 14.1. The lowest BCUT2D eigenvalue weighted by atomic mass is 10.0. The lowest BCUT2D eigenvalue weighted by Gasteiger charge is -2.18. The number of hydrogen-bond acceptors (Lipinski definition) is 5. The Morgan fingerprint density at radius 3 is 2.72 bits per heavy atom. The fraction of sp³-hybridized carbons (Fsp3) is 0.174. The van der Waals surface area contributed by atoms with E-state index in [1.165, 1.54) is 6.39 Å². The number of anilines is 1. The van der Waals surface area contributed by atoms with Crippen LogP contribution in [0.3, 0.4) is 0 Å². The molecule has 2 heterocycles. The summed E-state index contributed by atoms with van der Waals surface area (Å²) in [6, 6.07) is 17.3. The second-order valence-electron chi connectivity index (χ2n) is 6.95. The van der Waals surface area contributed by atoms with Gasteiger partial charge in [0.15, 0.2) is 6.39 Å². The highest BCUT2D eigenvalue weighted by molar-refractivity contribution is 5.96. The lowest BCUT2D eigenvalue weighted by Crippen LogP contribution is -2.27. The van der Waals surface area contributed by atoms with Crippen molar-refractivity contribution in [3.63, 3.8) is 0 Å². The first kappa shape index (κ1) is 18.7. The van der Waals surface area contributed by atoms with Crippen molar-refractivity contribution in [2.45, 2.75) is 26.4 Å². The molecule has 1 unspecified atom stereocenters. The van der Waals surface area contributed by atoms with Crippen molar-refractivity contribution in [2.75, 3.05) is 5.32 Å². The van der Waals surface area contributed by atoms with Gasteiger partial charge in [0.2, 0.25) is 0 Å². The number of oxazole rings is 1. The molecule has 2 aromatic carbocycles. The second kappa shape index (κ2) is 8.14. The number of fused-ring (bicyclic) bond motifs is 1. The SMILES string of the molecule is Cc1ccccc1C(=O)NC(C)c1cc(NCc2cnco2)nc2ccccc12. The Balaban J connectivity index is 1.62. The average molecular weight is 386 g/mol. The normalized spacial score (nSPS) is 11.9. The zero-order valence-corrected chi connectivity index (χ0v) is 16.3. The van der Waals surface area contributed by atoms with Crippen LogP contribution in [0.5, 0.6) is 0 Å². The zero-order valence-electron chi connectivity index (χ0n) is 16.3. The van der Waals surface area contributed by atoms with Crippen molar-refractivity contribution in [1.82, 2.24) is 15.3 Å². The molecule has 6 nitrogen and oxygen atoms in total. The number of pyridine rings is 1. The van der Waals surface area contributed by atoms with Gasteiger partial charge in [-0.1, -0.05) is 36.4 Å². The molecule has 0 aliphatic heterocycles. The number of nitrogens with one attached hydrogen (secondary N) is 2. The average Bonchev–Trinajstić information content (AvgIpc) is 3.25. The van der Waals surface area contributed by atoms with Crippen LogP contribution >= 0.6 is 0 Å². The van der Waals surface area contributed by atoms with E-state index in [1.807, 2.05) is 68.4 Å². The number of aromatic nitrogens is 2. The van der Waals surface area contributed by atoms with Gasteiger partial charge in [-0.2, -0.15) is 0 Å². The highest BCUT2D eigenvalue weighted by Crippen LogP contribution is 2.26. The summed E-state index contributed by atoms with van der Waals surface area (Å²) in [6.07, 6.45) is 3.07. The molecule has 146 valence electrons. The Labute approximate surface area is 169 Å². The third-order valence-corrected chi connectivity index (χ3v) is 4.88. The van der Waals surface area contributed by atoms with Crippen LogP contribution in [0.1, 0.15) is 40.2 Å². The van der Waals surface area contributed by atoms with Gasteiger partial charge in [0.25, 0.3) is 5.91 Å². The molecular formula is C23H22N4O2. The molecule has 2 aromatic heterocycles. The van der Waals surface area contributed by atoms with E-state index in [4.69, 9.17) is 4.42 Å². The highest BCUT2D eigenvalue weighted by Gasteiger charge is 2.16. The number of benzene rings is 2. The van der Waals surface area contributed by atoms with E-state index < -0.39 is 0 Å². The summed E-state index contributed by atoms with van der Waals surface area (Å²) < 4.78 is 5.27. The van der Waals surface area contributed by atoms with Crippen molar-refractivity contribution in [2.24, 2.45) is 0 Å². The number of carbonyl (C=O) groups is 1. The Bertz CT molecular complexity index is 1140. The second-order valence-corrected chi connectivity index (χ2v) is 6.95. The van der Waals surface area contributed by atoms with Gasteiger partial charge in [-0.3, -0.25) is 4.79 Å². The molecule has 0 aliphatic carbocycles. The van der Waals surface area contributed by atoms with Crippen LogP contribution in [0.15, 0.2) is 71.6 Å². The van der Waals surface area contributed by atoms with E-state index in [2.05, 4.69) is 20.6 Å². The number of para-hydroxylation sites is 1. The fourth-order valence-electron chi connectivity index (χ4n) is 3.34. The Morgan fingerprint density at radius 2 is 1.93 bits per heavy atom. The van der Waals surface area contributed by atoms with Crippen molar-refractivity contribution in [3.05, 3.63) is 89.6 Å². The van der Waals surface area contributed by atoms with Crippen LogP contribution in [0, 0.1) is 6.92 Å². The first-order valence-electron chi connectivity index (χ1n) is 9.49. The van der Waals surface area contributed by atoms with E-state index in [0.717, 1.165) is 27.8 Å². The maximum Gasteiger partial charge on any atom is 0.252 e. The summed E-state index contributed by atoms with van der Waals surface area (Å²) in [4.78, 5) is 21.4. The summed E-state index contributed by atoms with van der Waals surface area (Å²) in [5.41, 5.74) is 3.49. The Hall–Kier alpha value is -3.67. The van der Waals surface area contributed by atoms with Gasteiger partial charge in [-0.25, -0.2) is 9.97 Å². The molecule has 4 rings (SSSR count). The minimum atomic E-state index is -0.194. The standard InChI is InChI=1S/C23H22N4O2/c1-15-7-3-4-8-18(15)23(28)26-16(2)20-11-22(25-13-17-12-24-14-29-17)27-21-10-6-5-9-19(20)21/h3-12,14,16H,13H2,1-2H3,(H,25,27)(H,26,28). The number of carbonyl (C=O) groups excluding carboxylic acids is 1. The molecule has 2 N–H and O–H groups in total.